The largest absolute Gasteiger partial charge is 0.351 e. The number of allylic oxidation sites excluding steroid dienone is 1. The second kappa shape index (κ2) is 8.38. The average molecular weight is 410 g/mol. The van der Waals surface area contributed by atoms with E-state index >= 15 is 0 Å². The number of amides is 2. The van der Waals surface area contributed by atoms with Crippen molar-refractivity contribution in [3.05, 3.63) is 83.1 Å². The molecule has 1 fully saturated rings. The summed E-state index contributed by atoms with van der Waals surface area (Å²) in [6, 6.07) is 12.9. The fraction of sp³-hybridized carbons (Fsp3) is 0.333. The number of hydrogen-bond acceptors (Lipinski definition) is 2. The Balaban J connectivity index is 1.58. The van der Waals surface area contributed by atoms with Crippen molar-refractivity contribution < 1.29 is 18.4 Å². The number of nitrogens with one attached hydrogen (secondary N) is 1. The van der Waals surface area contributed by atoms with Crippen LogP contribution in [0, 0.1) is 17.0 Å². The number of hydrogen-bond donors (Lipinski definition) is 1. The quantitative estimate of drug-likeness (QED) is 0.791. The third-order valence-electron chi connectivity index (χ3n) is 6.06. The Hall–Kier alpha value is -3.02. The van der Waals surface area contributed by atoms with Gasteiger partial charge in [-0.05, 0) is 49.4 Å². The Morgan fingerprint density at radius 1 is 1.10 bits per heavy atom. The van der Waals surface area contributed by atoms with Crippen molar-refractivity contribution in [2.24, 2.45) is 5.41 Å². The van der Waals surface area contributed by atoms with Gasteiger partial charge in [0.2, 0.25) is 11.8 Å². The molecule has 0 saturated carbocycles. The van der Waals surface area contributed by atoms with E-state index in [0.717, 1.165) is 42.3 Å². The molecule has 2 amide bonds. The first-order valence-corrected chi connectivity index (χ1v) is 10.3. The van der Waals surface area contributed by atoms with Gasteiger partial charge < -0.3 is 10.2 Å². The molecule has 4 nitrogen and oxygen atoms in total. The van der Waals surface area contributed by atoms with Crippen LogP contribution in [0.1, 0.15) is 43.2 Å². The van der Waals surface area contributed by atoms with Crippen LogP contribution < -0.4 is 5.32 Å². The van der Waals surface area contributed by atoms with Gasteiger partial charge >= 0.3 is 0 Å². The predicted octanol–water partition coefficient (Wildman–Crippen LogP) is 4.46. The number of rotatable bonds is 5. The topological polar surface area (TPSA) is 49.4 Å². The van der Waals surface area contributed by atoms with Crippen LogP contribution in [0.4, 0.5) is 8.78 Å². The van der Waals surface area contributed by atoms with Crippen molar-refractivity contribution >= 4 is 11.8 Å². The maximum atomic E-state index is 14.0. The highest BCUT2D eigenvalue weighted by Crippen LogP contribution is 2.47. The summed E-state index contributed by atoms with van der Waals surface area (Å²) in [6.45, 7) is 0.323. The number of halogens is 2. The average Bonchev–Trinajstić information content (AvgIpc) is 2.77. The summed E-state index contributed by atoms with van der Waals surface area (Å²) in [4.78, 5) is 27.8. The van der Waals surface area contributed by atoms with Crippen LogP contribution >= 0.6 is 0 Å². The van der Waals surface area contributed by atoms with Gasteiger partial charge in [-0.1, -0.05) is 36.4 Å². The number of likely N-dealkylation sites (tertiary alicyclic amines) is 1. The molecule has 1 atom stereocenters. The number of benzene rings is 2. The van der Waals surface area contributed by atoms with Gasteiger partial charge in [-0.2, -0.15) is 0 Å². The van der Waals surface area contributed by atoms with E-state index in [1.165, 1.54) is 0 Å². The predicted molar refractivity (Wildman–Crippen MR) is 109 cm³/mol. The summed E-state index contributed by atoms with van der Waals surface area (Å²) in [7, 11) is 0. The van der Waals surface area contributed by atoms with Crippen molar-refractivity contribution in [1.82, 2.24) is 10.2 Å². The first kappa shape index (κ1) is 20.3. The van der Waals surface area contributed by atoms with Crippen LogP contribution in [0.25, 0.3) is 0 Å². The highest BCUT2D eigenvalue weighted by Gasteiger charge is 2.49. The van der Waals surface area contributed by atoms with Gasteiger partial charge in [0.05, 0.1) is 12.0 Å². The normalized spacial score (nSPS) is 21.1. The molecule has 1 N–H and O–H groups in total. The van der Waals surface area contributed by atoms with Crippen LogP contribution in [0.5, 0.6) is 0 Å². The van der Waals surface area contributed by atoms with E-state index in [-0.39, 0.29) is 30.3 Å². The lowest BCUT2D eigenvalue weighted by Gasteiger charge is -2.46. The van der Waals surface area contributed by atoms with Gasteiger partial charge in [0.1, 0.15) is 11.6 Å². The second-order valence-corrected chi connectivity index (χ2v) is 7.95. The molecule has 0 bridgehead atoms. The van der Waals surface area contributed by atoms with Crippen molar-refractivity contribution in [2.45, 2.75) is 45.2 Å². The van der Waals surface area contributed by atoms with E-state index in [2.05, 4.69) is 5.32 Å². The molecule has 30 heavy (non-hydrogen) atoms. The van der Waals surface area contributed by atoms with E-state index < -0.39 is 17.0 Å². The Morgan fingerprint density at radius 2 is 1.90 bits per heavy atom. The number of nitrogens with zero attached hydrogens (tertiary/aromatic N) is 1. The molecule has 1 saturated heterocycles. The maximum absolute atomic E-state index is 14.0. The summed E-state index contributed by atoms with van der Waals surface area (Å²) < 4.78 is 27.4. The molecule has 1 aliphatic carbocycles. The van der Waals surface area contributed by atoms with E-state index in [1.54, 1.807) is 4.90 Å². The molecule has 156 valence electrons. The Morgan fingerprint density at radius 3 is 2.70 bits per heavy atom. The third kappa shape index (κ3) is 3.86. The molecular formula is C24H24F2N2O2. The minimum atomic E-state index is -0.815. The summed E-state index contributed by atoms with van der Waals surface area (Å²) >= 11 is 0. The molecule has 4 rings (SSSR count). The Bertz CT molecular complexity index is 990. The van der Waals surface area contributed by atoms with Crippen LogP contribution in [0.15, 0.2) is 60.3 Å². The Kier molecular flexibility index (Phi) is 5.66. The van der Waals surface area contributed by atoms with Gasteiger partial charge in [0.15, 0.2) is 0 Å². The fourth-order valence-electron chi connectivity index (χ4n) is 4.48. The van der Waals surface area contributed by atoms with Gasteiger partial charge in [-0.3, -0.25) is 9.59 Å². The standard InChI is InChI=1S/C24H24F2N2O2/c25-19-9-10-20(26)18(14-19)15-27-23(30)24-12-5-4-8-21(24)28(22(29)11-13-24)16-17-6-2-1-3-7-17/h1-3,6-10,14H,4-5,11-13,15-16H2,(H,27,30). The third-order valence-corrected chi connectivity index (χ3v) is 6.06. The molecule has 2 aromatic carbocycles. The molecule has 1 unspecified atom stereocenters. The van der Waals surface area contributed by atoms with Gasteiger partial charge in [0.25, 0.3) is 0 Å². The maximum Gasteiger partial charge on any atom is 0.232 e. The van der Waals surface area contributed by atoms with Gasteiger partial charge in [-0.15, -0.1) is 0 Å². The zero-order chi connectivity index (χ0) is 21.1. The molecule has 2 aliphatic rings. The first-order chi connectivity index (χ1) is 14.5. The SMILES string of the molecule is O=C1CCC2(C(=O)NCc3cc(F)ccc3F)CCCC=C2N1Cc1ccccc1. The number of fused-ring (bicyclic) bond motifs is 1. The summed E-state index contributed by atoms with van der Waals surface area (Å²) in [5, 5.41) is 2.80. The molecule has 1 heterocycles. The molecule has 0 aromatic heterocycles. The van der Waals surface area contributed by atoms with Crippen molar-refractivity contribution in [2.75, 3.05) is 0 Å². The van der Waals surface area contributed by atoms with Crippen LogP contribution in [-0.2, 0) is 22.7 Å². The molecule has 2 aromatic rings. The van der Waals surface area contributed by atoms with E-state index in [9.17, 15) is 18.4 Å². The smallest absolute Gasteiger partial charge is 0.232 e. The monoisotopic (exact) mass is 410 g/mol. The molecule has 6 heteroatoms. The number of piperidine rings is 1. The van der Waals surface area contributed by atoms with Crippen LogP contribution in [0.2, 0.25) is 0 Å². The first-order valence-electron chi connectivity index (χ1n) is 10.3. The minimum Gasteiger partial charge on any atom is -0.351 e. The van der Waals surface area contributed by atoms with Crippen molar-refractivity contribution in [3.8, 4) is 0 Å². The van der Waals surface area contributed by atoms with Crippen LogP contribution in [0.3, 0.4) is 0 Å². The van der Waals surface area contributed by atoms with Gasteiger partial charge in [0, 0.05) is 24.2 Å². The lowest BCUT2D eigenvalue weighted by molar-refractivity contribution is -0.141. The zero-order valence-electron chi connectivity index (χ0n) is 16.7. The van der Waals surface area contributed by atoms with Gasteiger partial charge in [-0.25, -0.2) is 8.78 Å². The zero-order valence-corrected chi connectivity index (χ0v) is 16.7. The number of carbonyl (C=O) groups is 2. The number of carbonyl (C=O) groups excluding carboxylic acids is 2. The lowest BCUT2D eigenvalue weighted by atomic mass is 9.69. The summed E-state index contributed by atoms with van der Waals surface area (Å²) in [5.74, 6) is -1.33. The summed E-state index contributed by atoms with van der Waals surface area (Å²) in [6.07, 6.45) is 4.99. The fourth-order valence-corrected chi connectivity index (χ4v) is 4.48. The highest BCUT2D eigenvalue weighted by molar-refractivity contribution is 5.91. The van der Waals surface area contributed by atoms with Crippen LogP contribution in [-0.4, -0.2) is 16.7 Å². The van der Waals surface area contributed by atoms with Crippen molar-refractivity contribution in [1.29, 1.82) is 0 Å². The van der Waals surface area contributed by atoms with Crippen molar-refractivity contribution in [3.63, 3.8) is 0 Å². The minimum absolute atomic E-state index is 0.00611. The lowest BCUT2D eigenvalue weighted by Crippen LogP contribution is -2.52. The Labute approximate surface area is 174 Å². The molecule has 0 spiro atoms. The summed E-state index contributed by atoms with van der Waals surface area (Å²) in [5.41, 5.74) is 1.03. The molecule has 0 radical (unpaired) electrons. The van der Waals surface area contributed by atoms with E-state index in [4.69, 9.17) is 0 Å². The van der Waals surface area contributed by atoms with E-state index in [0.29, 0.717) is 19.4 Å². The van der Waals surface area contributed by atoms with E-state index in [1.807, 2.05) is 36.4 Å². The highest BCUT2D eigenvalue weighted by atomic mass is 19.1. The molecule has 1 aliphatic heterocycles. The molecular weight excluding hydrogens is 386 g/mol. The second-order valence-electron chi connectivity index (χ2n) is 7.95.